The van der Waals surface area contributed by atoms with Crippen molar-refractivity contribution in [3.63, 3.8) is 0 Å². The SMILES string of the molecule is CCCCCCCCCCCCC(=O)OC1=C(CC)OC(C)C1=O. The molecule has 1 heterocycles. The van der Waals surface area contributed by atoms with Crippen molar-refractivity contribution in [1.82, 2.24) is 0 Å². The molecule has 4 heteroatoms. The molecule has 0 spiro atoms. The molecular formula is C20H34O4. The van der Waals surface area contributed by atoms with E-state index in [-0.39, 0.29) is 17.5 Å². The molecule has 138 valence electrons. The average Bonchev–Trinajstić information content (AvgIpc) is 2.84. The number of hydrogen-bond acceptors (Lipinski definition) is 4. The van der Waals surface area contributed by atoms with Crippen LogP contribution < -0.4 is 0 Å². The first-order chi connectivity index (χ1) is 11.6. The van der Waals surface area contributed by atoms with Gasteiger partial charge in [-0.25, -0.2) is 0 Å². The Morgan fingerprint density at radius 3 is 2.04 bits per heavy atom. The second-order valence-electron chi connectivity index (χ2n) is 6.64. The standard InChI is InChI=1S/C20H34O4/c1-4-6-7-8-9-10-11-12-13-14-15-18(21)24-20-17(5-2)23-16(3)19(20)22/h16H,4-15H2,1-3H3. The fraction of sp³-hybridized carbons (Fsp3) is 0.800. The zero-order chi connectivity index (χ0) is 17.8. The third-order valence-corrected chi connectivity index (χ3v) is 4.44. The van der Waals surface area contributed by atoms with E-state index in [0.717, 1.165) is 12.8 Å². The summed E-state index contributed by atoms with van der Waals surface area (Å²) in [6.45, 7) is 5.80. The number of Topliss-reactive ketones (excluding diaryl/α,β-unsaturated/α-hetero) is 1. The highest BCUT2D eigenvalue weighted by Gasteiger charge is 2.33. The Morgan fingerprint density at radius 2 is 1.50 bits per heavy atom. The van der Waals surface area contributed by atoms with Crippen LogP contribution in [0, 0.1) is 0 Å². The molecule has 0 aliphatic carbocycles. The molecule has 24 heavy (non-hydrogen) atoms. The van der Waals surface area contributed by atoms with Crippen molar-refractivity contribution in [1.29, 1.82) is 0 Å². The Hall–Kier alpha value is -1.32. The second kappa shape index (κ2) is 12.1. The van der Waals surface area contributed by atoms with E-state index in [2.05, 4.69) is 6.92 Å². The Kier molecular flexibility index (Phi) is 10.4. The van der Waals surface area contributed by atoms with Crippen LogP contribution >= 0.6 is 0 Å². The number of ketones is 1. The molecule has 0 aromatic heterocycles. The van der Waals surface area contributed by atoms with Gasteiger partial charge in [0.15, 0.2) is 6.10 Å². The molecule has 1 aliphatic heterocycles. The Morgan fingerprint density at radius 1 is 0.958 bits per heavy atom. The summed E-state index contributed by atoms with van der Waals surface area (Å²) in [5, 5.41) is 0. The Balaban J connectivity index is 2.07. The van der Waals surface area contributed by atoms with Gasteiger partial charge in [-0.3, -0.25) is 9.59 Å². The Labute approximate surface area is 147 Å². The molecule has 0 radical (unpaired) electrons. The van der Waals surface area contributed by atoms with Gasteiger partial charge < -0.3 is 9.47 Å². The van der Waals surface area contributed by atoms with Gasteiger partial charge in [0, 0.05) is 12.8 Å². The lowest BCUT2D eigenvalue weighted by Gasteiger charge is -2.05. The van der Waals surface area contributed by atoms with Crippen LogP contribution in [0.2, 0.25) is 0 Å². The van der Waals surface area contributed by atoms with Crippen LogP contribution in [0.3, 0.4) is 0 Å². The van der Waals surface area contributed by atoms with Crippen LogP contribution in [0.25, 0.3) is 0 Å². The summed E-state index contributed by atoms with van der Waals surface area (Å²) >= 11 is 0. The maximum atomic E-state index is 11.9. The summed E-state index contributed by atoms with van der Waals surface area (Å²) < 4.78 is 10.6. The number of unbranched alkanes of at least 4 members (excludes halogenated alkanes) is 9. The third kappa shape index (κ3) is 7.50. The number of carbonyl (C=O) groups excluding carboxylic acids is 2. The van der Waals surface area contributed by atoms with Crippen LogP contribution in [-0.4, -0.2) is 17.9 Å². The van der Waals surface area contributed by atoms with E-state index in [1.165, 1.54) is 51.4 Å². The summed E-state index contributed by atoms with van der Waals surface area (Å²) in [7, 11) is 0. The average molecular weight is 338 g/mol. The number of carbonyl (C=O) groups is 2. The van der Waals surface area contributed by atoms with E-state index in [4.69, 9.17) is 9.47 Å². The molecule has 0 saturated heterocycles. The first kappa shape index (κ1) is 20.7. The molecule has 1 atom stereocenters. The van der Waals surface area contributed by atoms with Crippen LogP contribution in [0.15, 0.2) is 11.5 Å². The van der Waals surface area contributed by atoms with Crippen molar-refractivity contribution in [3.05, 3.63) is 11.5 Å². The van der Waals surface area contributed by atoms with Crippen molar-refractivity contribution >= 4 is 11.8 Å². The topological polar surface area (TPSA) is 52.6 Å². The highest BCUT2D eigenvalue weighted by molar-refractivity contribution is 6.00. The smallest absolute Gasteiger partial charge is 0.311 e. The molecule has 0 amide bonds. The number of allylic oxidation sites excluding steroid dienone is 1. The van der Waals surface area contributed by atoms with Gasteiger partial charge in [0.05, 0.1) is 0 Å². The molecule has 0 aromatic carbocycles. The van der Waals surface area contributed by atoms with Crippen molar-refractivity contribution < 1.29 is 19.1 Å². The summed E-state index contributed by atoms with van der Waals surface area (Å²) in [4.78, 5) is 23.8. The maximum absolute atomic E-state index is 11.9. The summed E-state index contributed by atoms with van der Waals surface area (Å²) in [6.07, 6.45) is 12.7. The lowest BCUT2D eigenvalue weighted by Crippen LogP contribution is -2.16. The van der Waals surface area contributed by atoms with Gasteiger partial charge >= 0.3 is 5.97 Å². The van der Waals surface area contributed by atoms with E-state index < -0.39 is 6.10 Å². The molecular weight excluding hydrogens is 304 g/mol. The predicted molar refractivity (Wildman–Crippen MR) is 95.4 cm³/mol. The predicted octanol–water partition coefficient (Wildman–Crippen LogP) is 5.45. The molecule has 1 unspecified atom stereocenters. The molecule has 1 rings (SSSR count). The Bertz CT molecular complexity index is 425. The van der Waals surface area contributed by atoms with Crippen molar-refractivity contribution in [2.75, 3.05) is 0 Å². The van der Waals surface area contributed by atoms with Crippen molar-refractivity contribution in [2.45, 2.75) is 104 Å². The van der Waals surface area contributed by atoms with Crippen LogP contribution in [0.1, 0.15) is 97.8 Å². The zero-order valence-electron chi connectivity index (χ0n) is 15.7. The lowest BCUT2D eigenvalue weighted by atomic mass is 10.1. The van der Waals surface area contributed by atoms with Gasteiger partial charge in [-0.15, -0.1) is 0 Å². The van der Waals surface area contributed by atoms with Crippen LogP contribution in [0.4, 0.5) is 0 Å². The molecule has 0 bridgehead atoms. The fourth-order valence-corrected chi connectivity index (χ4v) is 2.92. The van der Waals surface area contributed by atoms with Gasteiger partial charge in [0.25, 0.3) is 0 Å². The number of hydrogen-bond donors (Lipinski definition) is 0. The van der Waals surface area contributed by atoms with Gasteiger partial charge in [-0.2, -0.15) is 0 Å². The van der Waals surface area contributed by atoms with Crippen molar-refractivity contribution in [3.8, 4) is 0 Å². The summed E-state index contributed by atoms with van der Waals surface area (Å²) in [5.41, 5.74) is 0. The number of rotatable bonds is 13. The first-order valence-electron chi connectivity index (χ1n) is 9.74. The van der Waals surface area contributed by atoms with E-state index in [1.807, 2.05) is 6.92 Å². The lowest BCUT2D eigenvalue weighted by molar-refractivity contribution is -0.142. The largest absolute Gasteiger partial charge is 0.483 e. The zero-order valence-corrected chi connectivity index (χ0v) is 15.7. The highest BCUT2D eigenvalue weighted by atomic mass is 16.6. The minimum absolute atomic E-state index is 0.127. The van der Waals surface area contributed by atoms with Gasteiger partial charge in [0.2, 0.25) is 11.5 Å². The quantitative estimate of drug-likeness (QED) is 0.331. The molecule has 0 aromatic rings. The summed E-state index contributed by atoms with van der Waals surface area (Å²) in [5.74, 6) is 0.0934. The minimum Gasteiger partial charge on any atom is -0.483 e. The van der Waals surface area contributed by atoms with Gasteiger partial charge in [0.1, 0.15) is 5.76 Å². The monoisotopic (exact) mass is 338 g/mol. The highest BCUT2D eigenvalue weighted by Crippen LogP contribution is 2.25. The van der Waals surface area contributed by atoms with E-state index >= 15 is 0 Å². The van der Waals surface area contributed by atoms with Crippen LogP contribution in [0.5, 0.6) is 0 Å². The molecule has 0 saturated carbocycles. The molecule has 0 fully saturated rings. The minimum atomic E-state index is -0.528. The van der Waals surface area contributed by atoms with Crippen molar-refractivity contribution in [2.24, 2.45) is 0 Å². The van der Waals surface area contributed by atoms with Crippen LogP contribution in [-0.2, 0) is 19.1 Å². The van der Waals surface area contributed by atoms with E-state index in [0.29, 0.717) is 18.6 Å². The van der Waals surface area contributed by atoms with E-state index in [1.54, 1.807) is 6.92 Å². The first-order valence-corrected chi connectivity index (χ1v) is 9.74. The maximum Gasteiger partial charge on any atom is 0.311 e. The third-order valence-electron chi connectivity index (χ3n) is 4.44. The molecule has 1 aliphatic rings. The van der Waals surface area contributed by atoms with Gasteiger partial charge in [-0.05, 0) is 13.3 Å². The number of esters is 1. The second-order valence-corrected chi connectivity index (χ2v) is 6.64. The number of ether oxygens (including phenoxy) is 2. The molecule has 4 nitrogen and oxygen atoms in total. The fourth-order valence-electron chi connectivity index (χ4n) is 2.92. The summed E-state index contributed by atoms with van der Waals surface area (Å²) in [6, 6.07) is 0. The normalized spacial score (nSPS) is 17.3. The van der Waals surface area contributed by atoms with E-state index in [9.17, 15) is 9.59 Å². The molecule has 0 N–H and O–H groups in total. The van der Waals surface area contributed by atoms with Gasteiger partial charge in [-0.1, -0.05) is 71.6 Å².